The molecule has 4 rings (SSSR count). The fourth-order valence-electron chi connectivity index (χ4n) is 7.69. The van der Waals surface area contributed by atoms with Crippen molar-refractivity contribution in [2.24, 2.45) is 28.6 Å². The summed E-state index contributed by atoms with van der Waals surface area (Å²) in [6, 6.07) is 0. The number of fused-ring (bicyclic) bond motifs is 5. The Bertz CT molecular complexity index is 607. The van der Waals surface area contributed by atoms with Crippen LogP contribution in [0.15, 0.2) is 0 Å². The molecule has 4 saturated carbocycles. The number of methoxy groups -OCH3 is 1. The average Bonchev–Trinajstić information content (AvgIpc) is 2.88. The highest BCUT2D eigenvalue weighted by Crippen LogP contribution is 2.70. The Morgan fingerprint density at radius 2 is 1.62 bits per heavy atom. The van der Waals surface area contributed by atoms with Crippen molar-refractivity contribution < 1.29 is 24.9 Å². The Morgan fingerprint density at radius 1 is 0.923 bits per heavy atom. The van der Waals surface area contributed by atoms with Crippen LogP contribution in [0.25, 0.3) is 0 Å². The second-order valence-electron chi connectivity index (χ2n) is 10.1. The van der Waals surface area contributed by atoms with Gasteiger partial charge in [0, 0.05) is 11.3 Å². The molecule has 0 aliphatic heterocycles. The number of ether oxygens (including phenoxy) is 1. The van der Waals surface area contributed by atoms with E-state index in [1.54, 1.807) is 0 Å². The third-order valence-corrected chi connectivity index (χ3v) is 9.48. The molecule has 0 spiro atoms. The quantitative estimate of drug-likeness (QED) is 0.621. The van der Waals surface area contributed by atoms with Crippen molar-refractivity contribution in [2.75, 3.05) is 7.11 Å². The number of carbonyl (C=O) groups excluding carboxylic acids is 1. The standard InChI is InChI=1S/C21H34O5/c1-18-8-6-14(22)12-13(18)4-5-16-20(24)9-7-15(17(23)26-3)19(20,2)10-11-21(16,18)25/h13-16,22,24-25H,4-12H2,1-3H3/t13-,14+,15-,16+,18+,19-,20-,21-/m1/s1. The molecular formula is C21H34O5. The molecule has 0 radical (unpaired) electrons. The van der Waals surface area contributed by atoms with Gasteiger partial charge in [-0.2, -0.15) is 0 Å². The molecule has 0 aromatic rings. The summed E-state index contributed by atoms with van der Waals surface area (Å²) in [4.78, 5) is 12.4. The van der Waals surface area contributed by atoms with Gasteiger partial charge in [-0.3, -0.25) is 4.79 Å². The van der Waals surface area contributed by atoms with Crippen LogP contribution in [0.2, 0.25) is 0 Å². The number of esters is 1. The molecule has 5 nitrogen and oxygen atoms in total. The molecule has 26 heavy (non-hydrogen) atoms. The smallest absolute Gasteiger partial charge is 0.309 e. The second-order valence-corrected chi connectivity index (χ2v) is 10.1. The first-order valence-electron chi connectivity index (χ1n) is 10.3. The lowest BCUT2D eigenvalue weighted by molar-refractivity contribution is -0.287. The Balaban J connectivity index is 1.72. The van der Waals surface area contributed by atoms with Gasteiger partial charge in [0.05, 0.1) is 30.3 Å². The summed E-state index contributed by atoms with van der Waals surface area (Å²) < 4.78 is 5.03. The van der Waals surface area contributed by atoms with E-state index in [4.69, 9.17) is 4.74 Å². The molecule has 4 aliphatic carbocycles. The third kappa shape index (κ3) is 2.05. The molecule has 0 aromatic carbocycles. The topological polar surface area (TPSA) is 87.0 Å². The average molecular weight is 366 g/mol. The summed E-state index contributed by atoms with van der Waals surface area (Å²) in [7, 11) is 1.42. The Morgan fingerprint density at radius 3 is 2.31 bits per heavy atom. The number of rotatable bonds is 1. The highest BCUT2D eigenvalue weighted by Gasteiger charge is 2.73. The zero-order valence-electron chi connectivity index (χ0n) is 16.3. The molecule has 4 fully saturated rings. The van der Waals surface area contributed by atoms with Crippen LogP contribution in [0.4, 0.5) is 0 Å². The largest absolute Gasteiger partial charge is 0.469 e. The maximum Gasteiger partial charge on any atom is 0.309 e. The van der Waals surface area contributed by atoms with Gasteiger partial charge in [0.15, 0.2) is 0 Å². The van der Waals surface area contributed by atoms with Crippen molar-refractivity contribution in [1.29, 1.82) is 0 Å². The first-order valence-corrected chi connectivity index (χ1v) is 10.3. The summed E-state index contributed by atoms with van der Waals surface area (Å²) in [5.74, 6) is -0.423. The molecule has 0 saturated heterocycles. The van der Waals surface area contributed by atoms with E-state index in [1.807, 2.05) is 6.92 Å². The summed E-state index contributed by atoms with van der Waals surface area (Å²) in [5.41, 5.74) is -2.75. The van der Waals surface area contributed by atoms with Gasteiger partial charge in [-0.1, -0.05) is 13.8 Å². The van der Waals surface area contributed by atoms with Crippen LogP contribution in [-0.4, -0.2) is 45.7 Å². The number of carbonyl (C=O) groups is 1. The van der Waals surface area contributed by atoms with Crippen molar-refractivity contribution in [3.8, 4) is 0 Å². The molecule has 5 heteroatoms. The highest BCUT2D eigenvalue weighted by atomic mass is 16.5. The van der Waals surface area contributed by atoms with E-state index in [9.17, 15) is 20.1 Å². The second kappa shape index (κ2) is 5.68. The van der Waals surface area contributed by atoms with E-state index in [0.29, 0.717) is 31.6 Å². The molecule has 3 N–H and O–H groups in total. The van der Waals surface area contributed by atoms with E-state index in [-0.39, 0.29) is 29.3 Å². The van der Waals surface area contributed by atoms with Crippen molar-refractivity contribution in [1.82, 2.24) is 0 Å². The van der Waals surface area contributed by atoms with Gasteiger partial charge in [-0.05, 0) is 69.1 Å². The molecule has 148 valence electrons. The van der Waals surface area contributed by atoms with Crippen LogP contribution < -0.4 is 0 Å². The van der Waals surface area contributed by atoms with Crippen molar-refractivity contribution in [3.05, 3.63) is 0 Å². The van der Waals surface area contributed by atoms with Gasteiger partial charge in [0.1, 0.15) is 0 Å². The highest BCUT2D eigenvalue weighted by molar-refractivity contribution is 5.74. The number of aliphatic hydroxyl groups is 3. The summed E-state index contributed by atoms with van der Waals surface area (Å²) >= 11 is 0. The molecule has 0 heterocycles. The summed E-state index contributed by atoms with van der Waals surface area (Å²) in [6.45, 7) is 4.20. The van der Waals surface area contributed by atoms with Gasteiger partial charge < -0.3 is 20.1 Å². The molecule has 0 aromatic heterocycles. The van der Waals surface area contributed by atoms with E-state index in [0.717, 1.165) is 32.1 Å². The fourth-order valence-corrected chi connectivity index (χ4v) is 7.69. The Labute approximate surface area is 156 Å². The lowest BCUT2D eigenvalue weighted by Crippen LogP contribution is -2.71. The Kier molecular flexibility index (Phi) is 4.08. The predicted molar refractivity (Wildman–Crippen MR) is 96.2 cm³/mol. The third-order valence-electron chi connectivity index (χ3n) is 9.48. The van der Waals surface area contributed by atoms with Crippen molar-refractivity contribution in [3.63, 3.8) is 0 Å². The number of aliphatic hydroxyl groups excluding tert-OH is 1. The minimum Gasteiger partial charge on any atom is -0.469 e. The number of hydrogen-bond acceptors (Lipinski definition) is 5. The monoisotopic (exact) mass is 366 g/mol. The van der Waals surface area contributed by atoms with E-state index in [1.165, 1.54) is 7.11 Å². The van der Waals surface area contributed by atoms with Gasteiger partial charge in [-0.25, -0.2) is 0 Å². The minimum atomic E-state index is -1.02. The Hall–Kier alpha value is -0.650. The summed E-state index contributed by atoms with van der Waals surface area (Å²) in [6.07, 6.45) is 6.16. The maximum atomic E-state index is 12.4. The van der Waals surface area contributed by atoms with Gasteiger partial charge in [-0.15, -0.1) is 0 Å². The lowest BCUT2D eigenvalue weighted by Gasteiger charge is -2.67. The fraction of sp³-hybridized carbons (Fsp3) is 0.952. The lowest BCUT2D eigenvalue weighted by atomic mass is 9.41. The summed E-state index contributed by atoms with van der Waals surface area (Å²) in [5, 5.41) is 34.0. The number of hydrogen-bond donors (Lipinski definition) is 3. The predicted octanol–water partition coefficient (Wildman–Crippen LogP) is 2.41. The molecule has 0 amide bonds. The van der Waals surface area contributed by atoms with Gasteiger partial charge >= 0.3 is 5.97 Å². The van der Waals surface area contributed by atoms with Crippen LogP contribution >= 0.6 is 0 Å². The van der Waals surface area contributed by atoms with E-state index >= 15 is 0 Å². The van der Waals surface area contributed by atoms with Gasteiger partial charge in [0.2, 0.25) is 0 Å². The van der Waals surface area contributed by atoms with Crippen LogP contribution in [0.3, 0.4) is 0 Å². The van der Waals surface area contributed by atoms with E-state index in [2.05, 4.69) is 6.92 Å². The maximum absolute atomic E-state index is 12.4. The molecule has 4 aliphatic rings. The molecule has 0 unspecified atom stereocenters. The first kappa shape index (κ1) is 18.7. The minimum absolute atomic E-state index is 0.208. The first-order chi connectivity index (χ1) is 12.1. The van der Waals surface area contributed by atoms with Crippen molar-refractivity contribution in [2.45, 2.75) is 88.9 Å². The molecule has 8 atom stereocenters. The zero-order valence-corrected chi connectivity index (χ0v) is 16.3. The molecular weight excluding hydrogens is 332 g/mol. The van der Waals surface area contributed by atoms with Crippen LogP contribution in [0.5, 0.6) is 0 Å². The van der Waals surface area contributed by atoms with E-state index < -0.39 is 16.6 Å². The normalized spacial score (nSPS) is 56.2. The van der Waals surface area contributed by atoms with Crippen molar-refractivity contribution >= 4 is 5.97 Å². The van der Waals surface area contributed by atoms with Gasteiger partial charge in [0.25, 0.3) is 0 Å². The van der Waals surface area contributed by atoms with Crippen LogP contribution in [-0.2, 0) is 9.53 Å². The zero-order chi connectivity index (χ0) is 19.0. The molecule has 0 bridgehead atoms. The SMILES string of the molecule is COC(=O)[C@H]1CC[C@@]2(O)[C@@H]3CC[C@@H]4C[C@@H](O)CC[C@]4(C)[C@@]3(O)CC[C@]12C. The van der Waals surface area contributed by atoms with Crippen LogP contribution in [0, 0.1) is 28.6 Å². The van der Waals surface area contributed by atoms with Crippen LogP contribution in [0.1, 0.15) is 71.6 Å².